The van der Waals surface area contributed by atoms with Gasteiger partial charge in [-0.3, -0.25) is 19.2 Å². The molecule has 4 fully saturated rings. The van der Waals surface area contributed by atoms with Gasteiger partial charge in [-0.1, -0.05) is 0 Å². The van der Waals surface area contributed by atoms with E-state index in [1.807, 2.05) is 0 Å². The SMILES string of the molecule is CC(=O)NC1[C@@H](O[C@@H]2C(OC=O)O[C@@H](O[C@@H]3C(CO)O[C@H](O[C@@H]4C(OC=O)O[C@@H](OCCN)C(O)[C@H]4O)C(NC(C)=O)[C@H]3O)C(O)[C@H]2O)OC(CO)[C@@H](O)[C@@H]1O. The Morgan fingerprint density at radius 2 is 1.02 bits per heavy atom. The van der Waals surface area contributed by atoms with Crippen LogP contribution in [0.5, 0.6) is 0 Å². The summed E-state index contributed by atoms with van der Waals surface area (Å²) in [6.45, 7) is -0.0232. The molecule has 0 aromatic rings. The lowest BCUT2D eigenvalue weighted by molar-refractivity contribution is -0.398. The van der Waals surface area contributed by atoms with Crippen molar-refractivity contribution in [2.24, 2.45) is 5.73 Å². The summed E-state index contributed by atoms with van der Waals surface area (Å²) in [6.07, 6.45) is -32.9. The van der Waals surface area contributed by atoms with Crippen LogP contribution >= 0.6 is 0 Å². The summed E-state index contributed by atoms with van der Waals surface area (Å²) in [5, 5.41) is 101. The van der Waals surface area contributed by atoms with Crippen LogP contribution in [0.1, 0.15) is 13.8 Å². The molecule has 0 radical (unpaired) electrons. The maximum Gasteiger partial charge on any atom is 0.295 e. The molecule has 0 aromatic carbocycles. The molecule has 0 bridgehead atoms. The van der Waals surface area contributed by atoms with Gasteiger partial charge in [0.25, 0.3) is 12.9 Å². The number of aliphatic hydroxyl groups excluding tert-OH is 9. The Balaban J connectivity index is 1.55. The number of amides is 2. The first-order valence-corrected chi connectivity index (χ1v) is 17.2. The molecule has 0 spiro atoms. The van der Waals surface area contributed by atoms with E-state index in [0.717, 1.165) is 13.8 Å². The first kappa shape index (κ1) is 45.9. The molecule has 26 nitrogen and oxygen atoms in total. The van der Waals surface area contributed by atoms with E-state index in [1.54, 1.807) is 0 Å². The molecule has 4 aliphatic rings. The summed E-state index contributed by atoms with van der Waals surface area (Å²) in [5.41, 5.74) is 5.40. The molecule has 322 valence electrons. The summed E-state index contributed by atoms with van der Waals surface area (Å²) in [5.74, 6) is -1.50. The highest BCUT2D eigenvalue weighted by atomic mass is 16.8. The number of rotatable bonds is 17. The fourth-order valence-electron chi connectivity index (χ4n) is 6.46. The van der Waals surface area contributed by atoms with Gasteiger partial charge in [-0.25, -0.2) is 0 Å². The third kappa shape index (κ3) is 10.4. The number of hydrogen-bond donors (Lipinski definition) is 12. The third-order valence-corrected chi connectivity index (χ3v) is 9.13. The van der Waals surface area contributed by atoms with Gasteiger partial charge in [-0.05, 0) is 0 Å². The van der Waals surface area contributed by atoms with Gasteiger partial charge in [0.15, 0.2) is 37.4 Å². The predicted molar refractivity (Wildman–Crippen MR) is 170 cm³/mol. The van der Waals surface area contributed by atoms with Gasteiger partial charge >= 0.3 is 0 Å². The molecule has 0 aliphatic carbocycles. The average molecular weight is 820 g/mol. The Morgan fingerprint density at radius 3 is 1.48 bits per heavy atom. The second-order valence-electron chi connectivity index (χ2n) is 13.0. The van der Waals surface area contributed by atoms with E-state index in [-0.39, 0.29) is 26.1 Å². The number of carbonyl (C=O) groups is 4. The molecule has 26 heteroatoms. The monoisotopic (exact) mass is 819 g/mol. The van der Waals surface area contributed by atoms with Crippen LogP contribution < -0.4 is 16.4 Å². The lowest BCUT2D eigenvalue weighted by Gasteiger charge is -2.49. The van der Waals surface area contributed by atoms with Crippen molar-refractivity contribution in [3.8, 4) is 0 Å². The van der Waals surface area contributed by atoms with Crippen molar-refractivity contribution in [1.29, 1.82) is 0 Å². The second kappa shape index (κ2) is 20.7. The first-order valence-electron chi connectivity index (χ1n) is 17.2. The molecule has 4 rings (SSSR count). The molecular formula is C30H49N3O23. The zero-order valence-corrected chi connectivity index (χ0v) is 29.8. The van der Waals surface area contributed by atoms with E-state index in [0.29, 0.717) is 0 Å². The molecule has 13 N–H and O–H groups in total. The van der Waals surface area contributed by atoms with Crippen molar-refractivity contribution in [2.45, 2.75) is 137 Å². The fourth-order valence-corrected chi connectivity index (χ4v) is 6.46. The third-order valence-electron chi connectivity index (χ3n) is 9.13. The van der Waals surface area contributed by atoms with Crippen LogP contribution in [0, 0.1) is 0 Å². The minimum atomic E-state index is -2.15. The van der Waals surface area contributed by atoms with E-state index in [9.17, 15) is 65.1 Å². The van der Waals surface area contributed by atoms with Crippen LogP contribution in [-0.4, -0.2) is 220 Å². The summed E-state index contributed by atoms with van der Waals surface area (Å²) < 4.78 is 54.5. The Morgan fingerprint density at radius 1 is 0.571 bits per heavy atom. The van der Waals surface area contributed by atoms with Crippen molar-refractivity contribution in [1.82, 2.24) is 10.6 Å². The van der Waals surface area contributed by atoms with Crippen LogP contribution in [0.15, 0.2) is 0 Å². The maximum absolute atomic E-state index is 12.3. The summed E-state index contributed by atoms with van der Waals surface area (Å²) in [4.78, 5) is 46.9. The predicted octanol–water partition coefficient (Wildman–Crippen LogP) is -9.20. The highest BCUT2D eigenvalue weighted by molar-refractivity contribution is 5.73. The first-order chi connectivity index (χ1) is 26.6. The number of nitrogens with one attached hydrogen (secondary N) is 2. The van der Waals surface area contributed by atoms with Gasteiger partial charge in [-0.2, -0.15) is 0 Å². The van der Waals surface area contributed by atoms with Gasteiger partial charge in [0.05, 0.1) is 19.8 Å². The molecular weight excluding hydrogens is 770 g/mol. The van der Waals surface area contributed by atoms with Crippen LogP contribution in [0.2, 0.25) is 0 Å². The molecule has 4 heterocycles. The number of nitrogens with two attached hydrogens (primary N) is 1. The maximum atomic E-state index is 12.3. The number of ether oxygens (including phenoxy) is 10. The Hall–Kier alpha value is -2.84. The fraction of sp³-hybridized carbons (Fsp3) is 0.867. The van der Waals surface area contributed by atoms with E-state index < -0.39 is 148 Å². The number of hydrogen-bond acceptors (Lipinski definition) is 24. The van der Waals surface area contributed by atoms with E-state index in [4.69, 9.17) is 53.1 Å². The molecule has 56 heavy (non-hydrogen) atoms. The lowest BCUT2D eigenvalue weighted by atomic mass is 9.95. The normalized spacial score (nSPS) is 44.3. The molecule has 4 saturated heterocycles. The van der Waals surface area contributed by atoms with E-state index >= 15 is 0 Å². The van der Waals surface area contributed by atoms with Crippen molar-refractivity contribution in [2.75, 3.05) is 26.4 Å². The summed E-state index contributed by atoms with van der Waals surface area (Å²) in [6, 6.07) is -3.19. The second-order valence-corrected chi connectivity index (χ2v) is 13.0. The largest absolute Gasteiger partial charge is 0.435 e. The van der Waals surface area contributed by atoms with Gasteiger partial charge in [0, 0.05) is 20.4 Å². The Kier molecular flexibility index (Phi) is 17.0. The van der Waals surface area contributed by atoms with Crippen molar-refractivity contribution in [3.63, 3.8) is 0 Å². The molecule has 0 saturated carbocycles. The van der Waals surface area contributed by atoms with E-state index in [2.05, 4.69) is 10.6 Å². The molecule has 20 atom stereocenters. The number of aliphatic hydroxyl groups is 9. The van der Waals surface area contributed by atoms with E-state index in [1.165, 1.54) is 0 Å². The summed E-state index contributed by atoms with van der Waals surface area (Å²) >= 11 is 0. The van der Waals surface area contributed by atoms with Gasteiger partial charge < -0.3 is 110 Å². The standard InChI is InChI=1S/C30H49N3O23/c1-9(38)32-13-16(41)15(40)11(5-34)50-25(13)53-24-19(44)21(46)28(56-30(24)49-8-37)52-22-12(6-35)51-26(14(17(22)42)33-10(2)39)54-23-18(43)20(45)27(47-4-3-31)55-29(23)48-7-36/h7-8,11-30,34-35,40-46H,3-6,31H2,1-2H3,(H,32,38)(H,33,39)/t11?,12?,13?,14?,15-,16-,17-,18-,19-,20?,21?,22-,23+,24+,25-,26-,27-,28-,29?,30?/m1/s1. The number of carbonyl (C=O) groups excluding carboxylic acids is 4. The van der Waals surface area contributed by atoms with Crippen molar-refractivity contribution >= 4 is 24.8 Å². The molecule has 8 unspecified atom stereocenters. The van der Waals surface area contributed by atoms with Crippen molar-refractivity contribution < 1.29 is 113 Å². The smallest absolute Gasteiger partial charge is 0.295 e. The molecule has 0 aromatic heterocycles. The quantitative estimate of drug-likeness (QED) is 0.0606. The summed E-state index contributed by atoms with van der Waals surface area (Å²) in [7, 11) is 0. The Bertz CT molecular complexity index is 1290. The molecule has 2 amide bonds. The zero-order chi connectivity index (χ0) is 41.4. The minimum absolute atomic E-state index is 0.000821. The van der Waals surface area contributed by atoms with Crippen molar-refractivity contribution in [3.05, 3.63) is 0 Å². The molecule has 4 aliphatic heterocycles. The van der Waals surface area contributed by atoms with Gasteiger partial charge in [0.2, 0.25) is 24.4 Å². The van der Waals surface area contributed by atoms with Gasteiger partial charge in [0.1, 0.15) is 73.1 Å². The highest BCUT2D eigenvalue weighted by Gasteiger charge is 2.56. The van der Waals surface area contributed by atoms with Crippen LogP contribution in [0.3, 0.4) is 0 Å². The minimum Gasteiger partial charge on any atom is -0.435 e. The van der Waals surface area contributed by atoms with Crippen LogP contribution in [-0.2, 0) is 66.5 Å². The Labute approximate surface area is 317 Å². The van der Waals surface area contributed by atoms with Gasteiger partial charge in [-0.15, -0.1) is 0 Å². The van der Waals surface area contributed by atoms with Crippen LogP contribution in [0.4, 0.5) is 0 Å². The zero-order valence-electron chi connectivity index (χ0n) is 29.8. The van der Waals surface area contributed by atoms with Crippen LogP contribution in [0.25, 0.3) is 0 Å². The lowest BCUT2D eigenvalue weighted by Crippen LogP contribution is -2.70. The topological polar surface area (TPSA) is 393 Å². The highest BCUT2D eigenvalue weighted by Crippen LogP contribution is 2.35. The average Bonchev–Trinajstić information content (AvgIpc) is 3.15.